The van der Waals surface area contributed by atoms with E-state index in [0.29, 0.717) is 16.9 Å². The second-order valence-electron chi connectivity index (χ2n) is 10.3. The van der Waals surface area contributed by atoms with Crippen molar-refractivity contribution in [2.24, 2.45) is 11.8 Å². The zero-order valence-corrected chi connectivity index (χ0v) is 22.5. The second-order valence-corrected chi connectivity index (χ2v) is 11.5. The Kier molecular flexibility index (Phi) is 5.34. The zero-order chi connectivity index (χ0) is 27.8. The summed E-state index contributed by atoms with van der Waals surface area (Å²) >= 11 is 3.99. The predicted molar refractivity (Wildman–Crippen MR) is 152 cm³/mol. The smallest absolute Gasteiger partial charge is 0.335 e. The van der Waals surface area contributed by atoms with Crippen LogP contribution >= 0.6 is 15.9 Å². The Labute approximate surface area is 237 Å². The van der Waals surface area contributed by atoms with Gasteiger partial charge >= 0.3 is 5.97 Å². The Hall–Kier alpha value is -4.56. The Morgan fingerprint density at radius 2 is 1.30 bits per heavy atom. The number of rotatable bonds is 4. The normalized spacial score (nSPS) is 23.8. The van der Waals surface area contributed by atoms with Crippen molar-refractivity contribution in [3.8, 4) is 0 Å². The molecule has 8 heteroatoms. The summed E-state index contributed by atoms with van der Waals surface area (Å²) in [7, 11) is 0. The average molecular weight is 593 g/mol. The number of benzene rings is 4. The number of carboxylic acids is 1. The summed E-state index contributed by atoms with van der Waals surface area (Å²) in [6.07, 6.45) is 0. The minimum atomic E-state index is -1.05. The molecule has 1 saturated heterocycles. The Balaban J connectivity index is 1.20. The number of hydrogen-bond acceptors (Lipinski definition) is 4. The molecule has 4 aromatic carbocycles. The Bertz CT molecular complexity index is 1700. The highest BCUT2D eigenvalue weighted by Crippen LogP contribution is 2.66. The van der Waals surface area contributed by atoms with Crippen molar-refractivity contribution in [3.63, 3.8) is 0 Å². The van der Waals surface area contributed by atoms with Crippen LogP contribution < -0.4 is 10.2 Å². The highest BCUT2D eigenvalue weighted by atomic mass is 79.9. The third-order valence-corrected chi connectivity index (χ3v) is 9.64. The number of carbonyl (C=O) groups excluding carboxylic acids is 3. The molecule has 1 heterocycles. The van der Waals surface area contributed by atoms with E-state index in [4.69, 9.17) is 5.11 Å². The fraction of sp³-hybridized carbons (Fsp3) is 0.125. The summed E-state index contributed by atoms with van der Waals surface area (Å²) in [4.78, 5) is 53.2. The van der Waals surface area contributed by atoms with Crippen LogP contribution in [-0.2, 0) is 13.9 Å². The SMILES string of the molecule is O=C(O)c1ccc(NC(=O)c2ccc(N3C(=O)[C@@H]4[C@@H](C3=O)C3c5ccccc5C4(Br)c4ccccc43)cc2)cc1. The van der Waals surface area contributed by atoms with Crippen LogP contribution in [0.15, 0.2) is 97.1 Å². The van der Waals surface area contributed by atoms with Crippen LogP contribution in [0.1, 0.15) is 48.9 Å². The van der Waals surface area contributed by atoms with E-state index in [2.05, 4.69) is 21.2 Å². The number of carbonyl (C=O) groups is 4. The maximum atomic E-state index is 14.1. The van der Waals surface area contributed by atoms with Crippen LogP contribution in [0.3, 0.4) is 0 Å². The fourth-order valence-corrected chi connectivity index (χ4v) is 7.80. The van der Waals surface area contributed by atoms with Gasteiger partial charge in [-0.15, -0.1) is 0 Å². The van der Waals surface area contributed by atoms with Crippen molar-refractivity contribution in [1.29, 1.82) is 0 Å². The molecule has 0 unspecified atom stereocenters. The molecule has 8 rings (SSSR count). The van der Waals surface area contributed by atoms with Crippen LogP contribution in [-0.4, -0.2) is 28.8 Å². The molecule has 3 amide bonds. The van der Waals surface area contributed by atoms with Crippen molar-refractivity contribution in [2.75, 3.05) is 10.2 Å². The molecule has 3 aliphatic carbocycles. The first-order valence-electron chi connectivity index (χ1n) is 12.8. The van der Waals surface area contributed by atoms with Crippen LogP contribution in [0.4, 0.5) is 11.4 Å². The molecule has 2 bridgehead atoms. The van der Waals surface area contributed by atoms with Crippen molar-refractivity contribution in [1.82, 2.24) is 0 Å². The quantitative estimate of drug-likeness (QED) is 0.239. The van der Waals surface area contributed by atoms with Gasteiger partial charge in [0, 0.05) is 17.2 Å². The van der Waals surface area contributed by atoms with Gasteiger partial charge in [-0.3, -0.25) is 14.4 Å². The minimum Gasteiger partial charge on any atom is -0.478 e. The highest BCUT2D eigenvalue weighted by Gasteiger charge is 2.67. The number of imide groups is 1. The Morgan fingerprint density at radius 3 is 1.88 bits per heavy atom. The first-order valence-corrected chi connectivity index (χ1v) is 13.6. The van der Waals surface area contributed by atoms with Crippen LogP contribution in [0.2, 0.25) is 0 Å². The van der Waals surface area contributed by atoms with Crippen molar-refractivity contribution in [2.45, 2.75) is 10.2 Å². The van der Waals surface area contributed by atoms with Crippen LogP contribution in [0.25, 0.3) is 0 Å². The molecule has 196 valence electrons. The number of amides is 3. The maximum absolute atomic E-state index is 14.1. The lowest BCUT2D eigenvalue weighted by Crippen LogP contribution is -2.50. The molecule has 0 saturated carbocycles. The van der Waals surface area contributed by atoms with Gasteiger partial charge in [0.2, 0.25) is 11.8 Å². The van der Waals surface area contributed by atoms with Gasteiger partial charge in [-0.25, -0.2) is 9.69 Å². The summed E-state index contributed by atoms with van der Waals surface area (Å²) in [6, 6.07) is 28.2. The molecule has 2 atom stereocenters. The van der Waals surface area contributed by atoms with E-state index < -0.39 is 28.0 Å². The molecule has 0 radical (unpaired) electrons. The molecule has 7 nitrogen and oxygen atoms in total. The third-order valence-electron chi connectivity index (χ3n) is 8.29. The summed E-state index contributed by atoms with van der Waals surface area (Å²) < 4.78 is -0.822. The van der Waals surface area contributed by atoms with Gasteiger partial charge in [0.25, 0.3) is 5.91 Å². The first-order chi connectivity index (χ1) is 19.3. The van der Waals surface area contributed by atoms with Gasteiger partial charge in [0.15, 0.2) is 0 Å². The number of alkyl halides is 1. The number of hydrogen-bond donors (Lipinski definition) is 2. The zero-order valence-electron chi connectivity index (χ0n) is 20.9. The van der Waals surface area contributed by atoms with E-state index in [1.807, 2.05) is 48.5 Å². The van der Waals surface area contributed by atoms with Gasteiger partial charge in [0.1, 0.15) is 0 Å². The summed E-state index contributed by atoms with van der Waals surface area (Å²) in [6.45, 7) is 0. The summed E-state index contributed by atoms with van der Waals surface area (Å²) in [5.41, 5.74) is 5.47. The molecule has 2 N–H and O–H groups in total. The molecular weight excluding hydrogens is 572 g/mol. The first kappa shape index (κ1) is 24.5. The van der Waals surface area contributed by atoms with E-state index in [0.717, 1.165) is 22.3 Å². The average Bonchev–Trinajstić information content (AvgIpc) is 3.24. The molecule has 0 spiro atoms. The molecule has 0 aromatic heterocycles. The predicted octanol–water partition coefficient (Wildman–Crippen LogP) is 5.54. The number of nitrogens with zero attached hydrogens (tertiary/aromatic N) is 1. The largest absolute Gasteiger partial charge is 0.478 e. The van der Waals surface area contributed by atoms with E-state index in [9.17, 15) is 19.2 Å². The molecular formula is C32H21BrN2O5. The molecule has 40 heavy (non-hydrogen) atoms. The monoisotopic (exact) mass is 592 g/mol. The van der Waals surface area contributed by atoms with Gasteiger partial charge in [-0.05, 0) is 70.8 Å². The topological polar surface area (TPSA) is 104 Å². The van der Waals surface area contributed by atoms with E-state index >= 15 is 0 Å². The molecule has 1 aliphatic heterocycles. The molecule has 4 aromatic rings. The lowest BCUT2D eigenvalue weighted by Gasteiger charge is -2.51. The lowest BCUT2D eigenvalue weighted by atomic mass is 9.55. The summed E-state index contributed by atoms with van der Waals surface area (Å²) in [5, 5.41) is 11.8. The number of nitrogens with one attached hydrogen (secondary N) is 1. The van der Waals surface area contributed by atoms with Crippen molar-refractivity contribution < 1.29 is 24.3 Å². The molecule has 4 aliphatic rings. The third kappa shape index (κ3) is 3.29. The van der Waals surface area contributed by atoms with Gasteiger partial charge in [-0.1, -0.05) is 64.5 Å². The van der Waals surface area contributed by atoms with E-state index in [1.54, 1.807) is 24.3 Å². The minimum absolute atomic E-state index is 0.118. The highest BCUT2D eigenvalue weighted by molar-refractivity contribution is 9.09. The number of halogens is 1. The fourth-order valence-electron chi connectivity index (χ4n) is 6.59. The van der Waals surface area contributed by atoms with Gasteiger partial charge < -0.3 is 10.4 Å². The van der Waals surface area contributed by atoms with E-state index in [1.165, 1.54) is 29.2 Å². The number of aromatic carboxylic acids is 1. The second kappa shape index (κ2) is 8.72. The summed E-state index contributed by atoms with van der Waals surface area (Å²) in [5.74, 6) is -3.34. The number of anilines is 2. The molecule has 1 fully saturated rings. The number of carboxylic acid groups (broad SMARTS) is 1. The lowest BCUT2D eigenvalue weighted by molar-refractivity contribution is -0.122. The van der Waals surface area contributed by atoms with Gasteiger partial charge in [0.05, 0.1) is 27.4 Å². The van der Waals surface area contributed by atoms with Crippen molar-refractivity contribution in [3.05, 3.63) is 130 Å². The maximum Gasteiger partial charge on any atom is 0.335 e. The van der Waals surface area contributed by atoms with Crippen LogP contribution in [0, 0.1) is 11.8 Å². The van der Waals surface area contributed by atoms with Crippen molar-refractivity contribution >= 4 is 51.0 Å². The van der Waals surface area contributed by atoms with Crippen LogP contribution in [0.5, 0.6) is 0 Å². The Morgan fingerprint density at radius 1 is 0.750 bits per heavy atom. The standard InChI is InChI=1S/C32H21BrN2O5/c33-32-23-7-3-1-5-21(23)25(22-6-2-4-8-24(22)32)26-27(32)30(38)35(29(26)37)20-15-11-17(12-16-20)28(36)34-19-13-9-18(10-14-19)31(39)40/h1-16,25-27H,(H,34,36)(H,39,40)/t25?,26-,27-,32?/m0/s1. The van der Waals surface area contributed by atoms with Gasteiger partial charge in [-0.2, -0.15) is 0 Å². The van der Waals surface area contributed by atoms with E-state index in [-0.39, 0.29) is 23.3 Å².